The van der Waals surface area contributed by atoms with E-state index in [0.717, 1.165) is 31.5 Å². The number of hydrogen-bond donors (Lipinski definition) is 1. The Bertz CT molecular complexity index is 350. The minimum Gasteiger partial charge on any atom is -0.492 e. The van der Waals surface area contributed by atoms with Gasteiger partial charge in [0.15, 0.2) is 0 Å². The molecule has 1 aromatic rings. The molecule has 0 aromatic heterocycles. The maximum atomic E-state index is 5.86. The second-order valence-electron chi connectivity index (χ2n) is 4.70. The summed E-state index contributed by atoms with van der Waals surface area (Å²) in [6.45, 7) is 2.64. The van der Waals surface area contributed by atoms with Crippen LogP contribution in [0.2, 0.25) is 0 Å². The number of hydrogen-bond acceptors (Lipinski definition) is 3. The molecule has 1 aliphatic carbocycles. The van der Waals surface area contributed by atoms with Gasteiger partial charge in [0.05, 0.1) is 0 Å². The first-order chi connectivity index (χ1) is 8.31. The smallest absolute Gasteiger partial charge is 0.123 e. The maximum absolute atomic E-state index is 5.86. The van der Waals surface area contributed by atoms with Crippen LogP contribution in [0.1, 0.15) is 18.4 Å². The molecule has 3 heteroatoms. The molecule has 0 aliphatic heterocycles. The van der Waals surface area contributed by atoms with E-state index in [2.05, 4.69) is 29.4 Å². The molecule has 0 atom stereocenters. The second kappa shape index (κ2) is 6.03. The van der Waals surface area contributed by atoms with Gasteiger partial charge in [-0.25, -0.2) is 0 Å². The first-order valence-corrected chi connectivity index (χ1v) is 6.37. The van der Waals surface area contributed by atoms with E-state index >= 15 is 0 Å². The van der Waals surface area contributed by atoms with Crippen molar-refractivity contribution in [1.29, 1.82) is 0 Å². The van der Waals surface area contributed by atoms with E-state index < -0.39 is 0 Å². The molecule has 94 valence electrons. The van der Waals surface area contributed by atoms with Crippen molar-refractivity contribution in [2.45, 2.75) is 25.4 Å². The highest BCUT2D eigenvalue weighted by molar-refractivity contribution is 5.33. The van der Waals surface area contributed by atoms with Crippen LogP contribution in [0, 0.1) is 0 Å². The Hall–Kier alpha value is -1.06. The van der Waals surface area contributed by atoms with E-state index in [-0.39, 0.29) is 0 Å². The Morgan fingerprint density at radius 1 is 1.35 bits per heavy atom. The predicted octanol–water partition coefficient (Wildman–Crippen LogP) is 1.88. The van der Waals surface area contributed by atoms with Crippen molar-refractivity contribution < 1.29 is 4.74 Å². The van der Waals surface area contributed by atoms with Gasteiger partial charge in [0.25, 0.3) is 0 Å². The summed E-state index contributed by atoms with van der Waals surface area (Å²) in [4.78, 5) is 2.39. The lowest BCUT2D eigenvalue weighted by Gasteiger charge is -2.17. The van der Waals surface area contributed by atoms with Crippen molar-refractivity contribution in [3.8, 4) is 5.75 Å². The lowest BCUT2D eigenvalue weighted by Crippen LogP contribution is -2.26. The predicted molar refractivity (Wildman–Crippen MR) is 70.4 cm³/mol. The third-order valence-electron chi connectivity index (χ3n) is 3.21. The molecule has 0 saturated heterocycles. The van der Waals surface area contributed by atoms with Crippen LogP contribution in [0.4, 0.5) is 0 Å². The molecule has 1 N–H and O–H groups in total. The van der Waals surface area contributed by atoms with E-state index in [9.17, 15) is 0 Å². The van der Waals surface area contributed by atoms with Gasteiger partial charge < -0.3 is 15.0 Å². The molecule has 3 nitrogen and oxygen atoms in total. The lowest BCUT2D eigenvalue weighted by atomic mass is 10.2. The summed E-state index contributed by atoms with van der Waals surface area (Å²) in [6, 6.07) is 9.04. The third kappa shape index (κ3) is 3.72. The van der Waals surface area contributed by atoms with E-state index in [0.29, 0.717) is 0 Å². The number of benzene rings is 1. The number of para-hydroxylation sites is 1. The van der Waals surface area contributed by atoms with Crippen LogP contribution in [0.15, 0.2) is 24.3 Å². The van der Waals surface area contributed by atoms with Crippen LogP contribution in [0.5, 0.6) is 5.75 Å². The highest BCUT2D eigenvalue weighted by Gasteiger charge is 2.25. The summed E-state index contributed by atoms with van der Waals surface area (Å²) in [5.41, 5.74) is 1.23. The summed E-state index contributed by atoms with van der Waals surface area (Å²) < 4.78 is 5.86. The Morgan fingerprint density at radius 3 is 2.82 bits per heavy atom. The van der Waals surface area contributed by atoms with Crippen LogP contribution in [0.25, 0.3) is 0 Å². The summed E-state index contributed by atoms with van der Waals surface area (Å²) in [5.74, 6) is 1.01. The minimum absolute atomic E-state index is 0.772. The van der Waals surface area contributed by atoms with Crippen molar-refractivity contribution in [3.05, 3.63) is 29.8 Å². The molecule has 2 rings (SSSR count). The monoisotopic (exact) mass is 234 g/mol. The number of nitrogens with one attached hydrogen (secondary N) is 1. The normalized spacial score (nSPS) is 15.2. The van der Waals surface area contributed by atoms with Gasteiger partial charge >= 0.3 is 0 Å². The molecule has 0 unspecified atom stereocenters. The Labute approximate surface area is 104 Å². The van der Waals surface area contributed by atoms with Crippen LogP contribution in [0.3, 0.4) is 0 Å². The highest BCUT2D eigenvalue weighted by Crippen LogP contribution is 2.25. The molecule has 1 fully saturated rings. The van der Waals surface area contributed by atoms with Crippen LogP contribution in [-0.4, -0.2) is 38.2 Å². The largest absolute Gasteiger partial charge is 0.492 e. The van der Waals surface area contributed by atoms with Gasteiger partial charge in [0, 0.05) is 24.7 Å². The van der Waals surface area contributed by atoms with Crippen molar-refractivity contribution in [2.75, 3.05) is 27.2 Å². The molecule has 1 saturated carbocycles. The van der Waals surface area contributed by atoms with E-state index in [4.69, 9.17) is 4.74 Å². The van der Waals surface area contributed by atoms with Gasteiger partial charge in [-0.05, 0) is 33.0 Å². The standard InChI is InChI=1S/C14H22N2O/c1-15-11-12-5-3-4-6-14(12)17-10-9-16(2)13-7-8-13/h3-6,13,15H,7-11H2,1-2H3. The zero-order chi connectivity index (χ0) is 12.1. The molecular weight excluding hydrogens is 212 g/mol. The number of likely N-dealkylation sites (N-methyl/N-ethyl adjacent to an activating group) is 1. The zero-order valence-electron chi connectivity index (χ0n) is 10.8. The molecule has 0 spiro atoms. The maximum Gasteiger partial charge on any atom is 0.123 e. The Balaban J connectivity index is 1.80. The SMILES string of the molecule is CNCc1ccccc1OCCN(C)C1CC1. The van der Waals surface area contributed by atoms with Crippen molar-refractivity contribution in [3.63, 3.8) is 0 Å². The summed E-state index contributed by atoms with van der Waals surface area (Å²) in [7, 11) is 4.14. The minimum atomic E-state index is 0.772. The quantitative estimate of drug-likeness (QED) is 0.779. The zero-order valence-corrected chi connectivity index (χ0v) is 10.8. The van der Waals surface area contributed by atoms with E-state index in [1.165, 1.54) is 18.4 Å². The molecular formula is C14H22N2O. The fourth-order valence-electron chi connectivity index (χ4n) is 1.98. The summed E-state index contributed by atoms with van der Waals surface area (Å²) in [6.07, 6.45) is 2.71. The number of rotatable bonds is 7. The molecule has 0 radical (unpaired) electrons. The summed E-state index contributed by atoms with van der Waals surface area (Å²) in [5, 5.41) is 3.16. The number of nitrogens with zero attached hydrogens (tertiary/aromatic N) is 1. The van der Waals surface area contributed by atoms with Crippen molar-refractivity contribution in [1.82, 2.24) is 10.2 Å². The Morgan fingerprint density at radius 2 is 2.12 bits per heavy atom. The molecule has 1 aromatic carbocycles. The molecule has 17 heavy (non-hydrogen) atoms. The van der Waals surface area contributed by atoms with Gasteiger partial charge in [-0.2, -0.15) is 0 Å². The van der Waals surface area contributed by atoms with Crippen molar-refractivity contribution >= 4 is 0 Å². The van der Waals surface area contributed by atoms with Gasteiger partial charge in [0.2, 0.25) is 0 Å². The van der Waals surface area contributed by atoms with E-state index in [1.54, 1.807) is 0 Å². The second-order valence-corrected chi connectivity index (χ2v) is 4.70. The molecule has 0 heterocycles. The topological polar surface area (TPSA) is 24.5 Å². The van der Waals surface area contributed by atoms with Gasteiger partial charge in [-0.1, -0.05) is 18.2 Å². The molecule has 0 bridgehead atoms. The van der Waals surface area contributed by atoms with Gasteiger partial charge in [0.1, 0.15) is 12.4 Å². The van der Waals surface area contributed by atoms with Crippen molar-refractivity contribution in [2.24, 2.45) is 0 Å². The highest BCUT2D eigenvalue weighted by atomic mass is 16.5. The van der Waals surface area contributed by atoms with Gasteiger partial charge in [-0.3, -0.25) is 0 Å². The summed E-state index contributed by atoms with van der Waals surface area (Å²) >= 11 is 0. The van der Waals surface area contributed by atoms with Gasteiger partial charge in [-0.15, -0.1) is 0 Å². The average molecular weight is 234 g/mol. The van der Waals surface area contributed by atoms with Crippen LogP contribution < -0.4 is 10.1 Å². The lowest BCUT2D eigenvalue weighted by molar-refractivity contribution is 0.230. The number of ether oxygens (including phenoxy) is 1. The molecule has 1 aliphatic rings. The average Bonchev–Trinajstić information content (AvgIpc) is 3.15. The fraction of sp³-hybridized carbons (Fsp3) is 0.571. The first-order valence-electron chi connectivity index (χ1n) is 6.37. The fourth-order valence-corrected chi connectivity index (χ4v) is 1.98. The van der Waals surface area contributed by atoms with E-state index in [1.807, 2.05) is 19.2 Å². The molecule has 0 amide bonds. The van der Waals surface area contributed by atoms with Crippen LogP contribution in [-0.2, 0) is 6.54 Å². The Kier molecular flexibility index (Phi) is 4.40. The third-order valence-corrected chi connectivity index (χ3v) is 3.21. The van der Waals surface area contributed by atoms with Crippen LogP contribution >= 0.6 is 0 Å². The first kappa shape index (κ1) is 12.4.